The third-order valence-electron chi connectivity index (χ3n) is 3.93. The maximum Gasteiger partial charge on any atom is 0.397 e. The van der Waals surface area contributed by atoms with Crippen LogP contribution in [0.2, 0.25) is 0 Å². The predicted molar refractivity (Wildman–Crippen MR) is 107 cm³/mol. The van der Waals surface area contributed by atoms with Gasteiger partial charge in [0.15, 0.2) is 0 Å². The molecule has 0 amide bonds. The fourth-order valence-corrected chi connectivity index (χ4v) is 2.38. The minimum absolute atomic E-state index is 0.0322. The molecule has 0 aliphatic heterocycles. The second-order valence-corrected chi connectivity index (χ2v) is 7.87. The molecule has 8 nitrogen and oxygen atoms in total. The van der Waals surface area contributed by atoms with Crippen LogP contribution in [0, 0.1) is 0 Å². The summed E-state index contributed by atoms with van der Waals surface area (Å²) in [5.74, 6) is 0. The van der Waals surface area contributed by atoms with E-state index in [-0.39, 0.29) is 6.73 Å². The lowest BCUT2D eigenvalue weighted by Gasteiger charge is -2.17. The first-order valence-electron chi connectivity index (χ1n) is 9.85. The smallest absolute Gasteiger partial charge is 0.389 e. The van der Waals surface area contributed by atoms with Gasteiger partial charge in [0, 0.05) is 13.2 Å². The van der Waals surface area contributed by atoms with Crippen molar-refractivity contribution in [3.8, 4) is 0 Å². The van der Waals surface area contributed by atoms with Gasteiger partial charge in [0.1, 0.15) is 0 Å². The summed E-state index contributed by atoms with van der Waals surface area (Å²) < 4.78 is 35.2. The first-order valence-corrected chi connectivity index (χ1v) is 11.2. The lowest BCUT2D eigenvalue weighted by atomic mass is 10.1. The molecule has 0 rings (SSSR count). The van der Waals surface area contributed by atoms with Crippen LogP contribution in [0.25, 0.3) is 0 Å². The Balaban J connectivity index is 0. The van der Waals surface area contributed by atoms with Crippen LogP contribution >= 0.6 is 0 Å². The van der Waals surface area contributed by atoms with Crippen LogP contribution in [0.15, 0.2) is 0 Å². The van der Waals surface area contributed by atoms with E-state index in [9.17, 15) is 13.5 Å². The Hall–Kier alpha value is -0.290. The van der Waals surface area contributed by atoms with Crippen LogP contribution in [0.1, 0.15) is 71.1 Å². The molecular weight excluding hydrogens is 374 g/mol. The molecule has 3 N–H and O–H groups in total. The molecule has 0 bridgehead atoms. The van der Waals surface area contributed by atoms with Crippen LogP contribution in [0.5, 0.6) is 0 Å². The zero-order valence-electron chi connectivity index (χ0n) is 17.3. The van der Waals surface area contributed by atoms with E-state index in [2.05, 4.69) is 11.1 Å². The molecule has 1 unspecified atom stereocenters. The van der Waals surface area contributed by atoms with Crippen molar-refractivity contribution in [2.75, 3.05) is 40.6 Å². The Labute approximate surface area is 165 Å². The summed E-state index contributed by atoms with van der Waals surface area (Å²) in [5, 5.41) is 18.5. The topological polar surface area (TPSA) is 117 Å². The number of ether oxygens (including phenoxy) is 1. The quantitative estimate of drug-likeness (QED) is 0.189. The van der Waals surface area contributed by atoms with Crippen molar-refractivity contribution in [1.82, 2.24) is 4.90 Å². The minimum Gasteiger partial charge on any atom is -0.389 e. The maximum absolute atomic E-state index is 9.63. The van der Waals surface area contributed by atoms with Gasteiger partial charge in [-0.15, -0.1) is 0 Å². The summed E-state index contributed by atoms with van der Waals surface area (Å²) >= 11 is 0. The number of hydrogen-bond acceptors (Lipinski definition) is 7. The SMILES string of the molecule is CCCCCCCCCCCCOCC(O)CN(C)CO.COS(=O)(=O)O. The molecule has 166 valence electrons. The summed E-state index contributed by atoms with van der Waals surface area (Å²) in [6, 6.07) is 0. The van der Waals surface area contributed by atoms with Gasteiger partial charge in [0.2, 0.25) is 0 Å². The van der Waals surface area contributed by atoms with Crippen molar-refractivity contribution in [2.24, 2.45) is 0 Å². The third-order valence-corrected chi connectivity index (χ3v) is 4.35. The number of unbranched alkanes of at least 4 members (excludes halogenated alkanes) is 9. The van der Waals surface area contributed by atoms with Gasteiger partial charge in [-0.2, -0.15) is 8.42 Å². The van der Waals surface area contributed by atoms with E-state index < -0.39 is 16.5 Å². The van der Waals surface area contributed by atoms with Gasteiger partial charge >= 0.3 is 10.4 Å². The third kappa shape index (κ3) is 28.0. The summed E-state index contributed by atoms with van der Waals surface area (Å²) in [5.41, 5.74) is 0. The molecule has 0 aromatic rings. The molecule has 0 fully saturated rings. The van der Waals surface area contributed by atoms with Crippen LogP contribution < -0.4 is 0 Å². The Kier molecular flexibility index (Phi) is 21.9. The van der Waals surface area contributed by atoms with E-state index >= 15 is 0 Å². The van der Waals surface area contributed by atoms with Gasteiger partial charge < -0.3 is 14.9 Å². The second kappa shape index (κ2) is 20.4. The van der Waals surface area contributed by atoms with Gasteiger partial charge in [-0.25, -0.2) is 0 Å². The van der Waals surface area contributed by atoms with Gasteiger partial charge in [0.25, 0.3) is 0 Å². The van der Waals surface area contributed by atoms with E-state index in [4.69, 9.17) is 14.4 Å². The van der Waals surface area contributed by atoms with Crippen molar-refractivity contribution >= 4 is 10.4 Å². The van der Waals surface area contributed by atoms with Crippen molar-refractivity contribution in [3.63, 3.8) is 0 Å². The van der Waals surface area contributed by atoms with Crippen LogP contribution in [-0.4, -0.2) is 74.8 Å². The van der Waals surface area contributed by atoms with Crippen LogP contribution in [0.4, 0.5) is 0 Å². The molecule has 0 heterocycles. The molecule has 0 aromatic heterocycles. The zero-order chi connectivity index (χ0) is 21.0. The largest absolute Gasteiger partial charge is 0.397 e. The molecule has 0 spiro atoms. The number of aliphatic hydroxyl groups is 2. The highest BCUT2D eigenvalue weighted by Gasteiger charge is 2.07. The van der Waals surface area contributed by atoms with Crippen molar-refractivity contribution in [1.29, 1.82) is 0 Å². The highest BCUT2D eigenvalue weighted by molar-refractivity contribution is 7.80. The zero-order valence-corrected chi connectivity index (χ0v) is 18.1. The fraction of sp³-hybridized carbons (Fsp3) is 1.00. The number of rotatable bonds is 17. The number of nitrogens with zero attached hydrogens (tertiary/aromatic N) is 1. The number of hydrogen-bond donors (Lipinski definition) is 3. The molecule has 0 radical (unpaired) electrons. The first-order chi connectivity index (χ1) is 12.8. The van der Waals surface area contributed by atoms with E-state index in [0.717, 1.165) is 20.1 Å². The molecule has 9 heteroatoms. The van der Waals surface area contributed by atoms with Gasteiger partial charge in [-0.05, 0) is 13.5 Å². The van der Waals surface area contributed by atoms with E-state index in [0.29, 0.717) is 13.2 Å². The maximum atomic E-state index is 9.63. The van der Waals surface area contributed by atoms with Gasteiger partial charge in [0.05, 0.1) is 26.6 Å². The molecule has 0 saturated heterocycles. The van der Waals surface area contributed by atoms with Crippen molar-refractivity contribution in [2.45, 2.75) is 77.2 Å². The fourth-order valence-electron chi connectivity index (χ4n) is 2.38. The van der Waals surface area contributed by atoms with Crippen LogP contribution in [0.3, 0.4) is 0 Å². The molecule has 0 saturated carbocycles. The summed E-state index contributed by atoms with van der Waals surface area (Å²) in [6.45, 7) is 3.77. The van der Waals surface area contributed by atoms with Crippen LogP contribution in [-0.2, 0) is 19.3 Å². The van der Waals surface area contributed by atoms with Crippen molar-refractivity contribution in [3.05, 3.63) is 0 Å². The standard InChI is InChI=1S/C17H37NO3.CH4O4S/c1-3-4-5-6-7-8-9-10-11-12-13-21-15-17(20)14-18(2)16-19;1-5-6(2,3)4/h17,19-20H,3-16H2,1-2H3;1H3,(H,2,3,4). The molecule has 0 aromatic carbocycles. The lowest BCUT2D eigenvalue weighted by molar-refractivity contribution is 0.00507. The van der Waals surface area contributed by atoms with Gasteiger partial charge in [-0.1, -0.05) is 64.7 Å². The monoisotopic (exact) mass is 415 g/mol. The highest BCUT2D eigenvalue weighted by atomic mass is 32.3. The second-order valence-electron chi connectivity index (χ2n) is 6.69. The minimum atomic E-state index is -4.16. The summed E-state index contributed by atoms with van der Waals surface area (Å²) in [6.07, 6.45) is 12.7. The van der Waals surface area contributed by atoms with E-state index in [1.54, 1.807) is 11.9 Å². The van der Waals surface area contributed by atoms with E-state index in [1.807, 2.05) is 0 Å². The van der Waals surface area contributed by atoms with E-state index in [1.165, 1.54) is 57.8 Å². The average molecular weight is 416 g/mol. The Bertz CT molecular complexity index is 393. The molecule has 1 atom stereocenters. The number of likely N-dealkylation sites (N-methyl/N-ethyl adjacent to an activating group) is 1. The summed E-state index contributed by atoms with van der Waals surface area (Å²) in [4.78, 5) is 1.66. The Morgan fingerprint density at radius 2 is 1.41 bits per heavy atom. The molecular formula is C18H41NO7S. The molecule has 27 heavy (non-hydrogen) atoms. The van der Waals surface area contributed by atoms with Gasteiger partial charge in [-0.3, -0.25) is 13.6 Å². The predicted octanol–water partition coefficient (Wildman–Crippen LogP) is 2.60. The Morgan fingerprint density at radius 1 is 0.963 bits per heavy atom. The summed E-state index contributed by atoms with van der Waals surface area (Å²) in [7, 11) is -1.52. The molecule has 0 aliphatic rings. The molecule has 0 aliphatic carbocycles. The normalized spacial score (nSPS) is 12.7. The average Bonchev–Trinajstić information content (AvgIpc) is 2.62. The number of aliphatic hydroxyl groups excluding tert-OH is 2. The van der Waals surface area contributed by atoms with Crippen molar-refractivity contribution < 1.29 is 32.1 Å². The highest BCUT2D eigenvalue weighted by Crippen LogP contribution is 2.10. The Morgan fingerprint density at radius 3 is 1.81 bits per heavy atom. The lowest BCUT2D eigenvalue weighted by Crippen LogP contribution is -2.32. The first kappa shape index (κ1) is 28.9.